The predicted octanol–water partition coefficient (Wildman–Crippen LogP) is -0.460. The van der Waals surface area contributed by atoms with E-state index in [9.17, 15) is 4.79 Å². The van der Waals surface area contributed by atoms with E-state index in [4.69, 9.17) is 5.73 Å². The quantitative estimate of drug-likeness (QED) is 0.631. The van der Waals surface area contributed by atoms with Crippen molar-refractivity contribution in [2.75, 3.05) is 30.8 Å². The molecule has 2 rings (SSSR count). The molecule has 0 aliphatic carbocycles. The third-order valence-electron chi connectivity index (χ3n) is 3.00. The first-order chi connectivity index (χ1) is 7.72. The summed E-state index contributed by atoms with van der Waals surface area (Å²) in [6.45, 7) is 1.75. The Balaban J connectivity index is 2.23. The Bertz CT molecular complexity index is 416. The van der Waals surface area contributed by atoms with Crippen LogP contribution in [-0.4, -0.2) is 36.1 Å². The number of hydrogen-bond donors (Lipinski definition) is 3. The smallest absolute Gasteiger partial charge is 0.276 e. The van der Waals surface area contributed by atoms with Crippen molar-refractivity contribution in [2.24, 2.45) is 0 Å². The number of likely N-dealkylation sites (N-methyl/N-ethyl adjacent to an activating group) is 1. The highest BCUT2D eigenvalue weighted by Crippen LogP contribution is 2.20. The van der Waals surface area contributed by atoms with Gasteiger partial charge in [0.2, 0.25) is 0 Å². The Morgan fingerprint density at radius 3 is 3.25 bits per heavy atom. The van der Waals surface area contributed by atoms with E-state index in [0.717, 1.165) is 25.9 Å². The molecule has 88 valence electrons. The van der Waals surface area contributed by atoms with Crippen molar-refractivity contribution in [3.05, 3.63) is 16.7 Å². The van der Waals surface area contributed by atoms with Crippen LogP contribution in [0.25, 0.3) is 0 Å². The number of aromatic nitrogens is 2. The number of nitrogens with zero attached hydrogens (tertiary/aromatic N) is 2. The van der Waals surface area contributed by atoms with Gasteiger partial charge in [-0.15, -0.1) is 0 Å². The highest BCUT2D eigenvalue weighted by Gasteiger charge is 2.21. The second-order valence-corrected chi connectivity index (χ2v) is 4.04. The van der Waals surface area contributed by atoms with E-state index in [-0.39, 0.29) is 11.2 Å². The Morgan fingerprint density at radius 1 is 1.69 bits per heavy atom. The van der Waals surface area contributed by atoms with E-state index in [2.05, 4.69) is 20.2 Å². The van der Waals surface area contributed by atoms with Crippen LogP contribution < -0.4 is 21.5 Å². The Labute approximate surface area is 93.9 Å². The number of piperidine rings is 1. The molecule has 0 amide bonds. The fraction of sp³-hybridized carbons (Fsp3) is 0.600. The van der Waals surface area contributed by atoms with E-state index in [1.807, 2.05) is 7.05 Å². The molecule has 1 aliphatic rings. The van der Waals surface area contributed by atoms with E-state index >= 15 is 0 Å². The average molecular weight is 223 g/mol. The molecule has 6 nitrogen and oxygen atoms in total. The second kappa shape index (κ2) is 4.52. The van der Waals surface area contributed by atoms with Gasteiger partial charge in [-0.05, 0) is 19.9 Å². The van der Waals surface area contributed by atoms with Gasteiger partial charge >= 0.3 is 0 Å². The molecule has 2 heterocycles. The van der Waals surface area contributed by atoms with Crippen LogP contribution in [-0.2, 0) is 0 Å². The van der Waals surface area contributed by atoms with Gasteiger partial charge < -0.3 is 20.9 Å². The fourth-order valence-electron chi connectivity index (χ4n) is 2.06. The van der Waals surface area contributed by atoms with Crippen molar-refractivity contribution in [3.63, 3.8) is 0 Å². The number of H-pyrrole nitrogens is 1. The second-order valence-electron chi connectivity index (χ2n) is 4.04. The summed E-state index contributed by atoms with van der Waals surface area (Å²) in [6.07, 6.45) is 3.63. The lowest BCUT2D eigenvalue weighted by molar-refractivity contribution is 0.448. The van der Waals surface area contributed by atoms with Crippen LogP contribution in [0.1, 0.15) is 12.8 Å². The molecule has 0 radical (unpaired) electrons. The van der Waals surface area contributed by atoms with Gasteiger partial charge in [-0.2, -0.15) is 0 Å². The van der Waals surface area contributed by atoms with E-state index in [0.29, 0.717) is 11.9 Å². The highest BCUT2D eigenvalue weighted by molar-refractivity contribution is 5.61. The molecular formula is C10H17N5O. The normalized spacial score (nSPS) is 21.1. The summed E-state index contributed by atoms with van der Waals surface area (Å²) in [6, 6.07) is 0.439. The number of hydrogen-bond acceptors (Lipinski definition) is 5. The van der Waals surface area contributed by atoms with E-state index < -0.39 is 0 Å². The molecule has 1 saturated heterocycles. The van der Waals surface area contributed by atoms with Crippen LogP contribution in [0.3, 0.4) is 0 Å². The van der Waals surface area contributed by atoms with Gasteiger partial charge in [-0.1, -0.05) is 0 Å². The van der Waals surface area contributed by atoms with Crippen molar-refractivity contribution in [2.45, 2.75) is 18.9 Å². The molecule has 1 atom stereocenters. The number of aromatic amines is 1. The van der Waals surface area contributed by atoms with Crippen LogP contribution in [0.5, 0.6) is 0 Å². The fourth-order valence-corrected chi connectivity index (χ4v) is 2.06. The molecule has 1 aromatic heterocycles. The minimum Gasteiger partial charge on any atom is -0.391 e. The first kappa shape index (κ1) is 10.9. The summed E-state index contributed by atoms with van der Waals surface area (Å²) in [7, 11) is 1.95. The molecule has 0 bridgehead atoms. The van der Waals surface area contributed by atoms with Crippen molar-refractivity contribution >= 4 is 11.5 Å². The number of nitrogens with one attached hydrogen (secondary N) is 2. The Kier molecular flexibility index (Phi) is 3.09. The van der Waals surface area contributed by atoms with Crippen LogP contribution in [0.4, 0.5) is 11.5 Å². The van der Waals surface area contributed by atoms with Crippen LogP contribution >= 0.6 is 0 Å². The Morgan fingerprint density at radius 2 is 2.50 bits per heavy atom. The zero-order valence-electron chi connectivity index (χ0n) is 9.36. The van der Waals surface area contributed by atoms with Gasteiger partial charge in [0, 0.05) is 19.1 Å². The predicted molar refractivity (Wildman–Crippen MR) is 63.6 cm³/mol. The highest BCUT2D eigenvalue weighted by atomic mass is 16.1. The lowest BCUT2D eigenvalue weighted by atomic mass is 10.1. The molecule has 0 saturated carbocycles. The minimum atomic E-state index is -0.267. The van der Waals surface area contributed by atoms with Gasteiger partial charge in [-0.25, -0.2) is 4.98 Å². The maximum absolute atomic E-state index is 11.4. The summed E-state index contributed by atoms with van der Waals surface area (Å²) in [5.41, 5.74) is 5.67. The molecule has 1 aromatic rings. The first-order valence-corrected chi connectivity index (χ1v) is 5.47. The monoisotopic (exact) mass is 223 g/mol. The zero-order chi connectivity index (χ0) is 11.5. The number of rotatable bonds is 2. The molecular weight excluding hydrogens is 206 g/mol. The maximum Gasteiger partial charge on any atom is 0.276 e. The largest absolute Gasteiger partial charge is 0.391 e. The molecule has 0 spiro atoms. The van der Waals surface area contributed by atoms with Gasteiger partial charge in [0.15, 0.2) is 5.82 Å². The Hall–Kier alpha value is -1.56. The molecule has 1 aliphatic heterocycles. The van der Waals surface area contributed by atoms with Crippen LogP contribution in [0.2, 0.25) is 0 Å². The molecule has 4 N–H and O–H groups in total. The average Bonchev–Trinajstić information content (AvgIpc) is 2.33. The topological polar surface area (TPSA) is 87.0 Å². The van der Waals surface area contributed by atoms with Crippen molar-refractivity contribution in [1.82, 2.24) is 15.3 Å². The van der Waals surface area contributed by atoms with E-state index in [1.165, 1.54) is 6.33 Å². The third kappa shape index (κ3) is 2.01. The summed E-state index contributed by atoms with van der Waals surface area (Å²) in [4.78, 5) is 20.1. The van der Waals surface area contributed by atoms with E-state index in [1.54, 1.807) is 0 Å². The maximum atomic E-state index is 11.4. The number of nitrogens with two attached hydrogens (primary N) is 1. The number of nitrogen functional groups attached to an aromatic ring is 1. The SMILES string of the molecule is CNC1CCCN(c2nc[nH]c(=O)c2N)C1. The summed E-state index contributed by atoms with van der Waals surface area (Å²) in [5.74, 6) is 0.601. The molecule has 1 fully saturated rings. The standard InChI is InChI=1S/C10H17N5O/c1-12-7-3-2-4-15(5-7)9-8(11)10(16)14-6-13-9/h6-7,12H,2-5,11H2,1H3,(H,13,14,16). The van der Waals surface area contributed by atoms with Gasteiger partial charge in [0.1, 0.15) is 5.69 Å². The summed E-state index contributed by atoms with van der Waals surface area (Å²) in [5, 5.41) is 3.24. The lowest BCUT2D eigenvalue weighted by Crippen LogP contribution is -2.45. The lowest BCUT2D eigenvalue weighted by Gasteiger charge is -2.33. The number of anilines is 2. The molecule has 0 aromatic carbocycles. The summed E-state index contributed by atoms with van der Waals surface area (Å²) >= 11 is 0. The van der Waals surface area contributed by atoms with Crippen LogP contribution in [0, 0.1) is 0 Å². The van der Waals surface area contributed by atoms with Crippen LogP contribution in [0.15, 0.2) is 11.1 Å². The zero-order valence-corrected chi connectivity index (χ0v) is 9.36. The molecule has 16 heavy (non-hydrogen) atoms. The van der Waals surface area contributed by atoms with Crippen molar-refractivity contribution in [3.8, 4) is 0 Å². The van der Waals surface area contributed by atoms with Gasteiger partial charge in [0.05, 0.1) is 6.33 Å². The summed E-state index contributed by atoms with van der Waals surface area (Å²) < 4.78 is 0. The van der Waals surface area contributed by atoms with Gasteiger partial charge in [0.25, 0.3) is 5.56 Å². The van der Waals surface area contributed by atoms with Gasteiger partial charge in [-0.3, -0.25) is 4.79 Å². The molecule has 1 unspecified atom stereocenters. The minimum absolute atomic E-state index is 0.208. The molecule has 6 heteroatoms. The van der Waals surface area contributed by atoms with Crippen molar-refractivity contribution < 1.29 is 0 Å². The third-order valence-corrected chi connectivity index (χ3v) is 3.00. The first-order valence-electron chi connectivity index (χ1n) is 5.47. The van der Waals surface area contributed by atoms with Crippen molar-refractivity contribution in [1.29, 1.82) is 0 Å².